The summed E-state index contributed by atoms with van der Waals surface area (Å²) in [5.74, 6) is 0.638. The molecule has 0 aliphatic carbocycles. The van der Waals surface area contributed by atoms with Gasteiger partial charge in [-0.1, -0.05) is 35.9 Å². The highest BCUT2D eigenvalue weighted by Crippen LogP contribution is 2.36. The second kappa shape index (κ2) is 12.4. The molecule has 0 radical (unpaired) electrons. The molecular weight excluding hydrogens is 535 g/mol. The van der Waals surface area contributed by atoms with Crippen LogP contribution in [-0.2, 0) is 4.79 Å². The zero-order chi connectivity index (χ0) is 28.8. The van der Waals surface area contributed by atoms with Gasteiger partial charge in [0.25, 0.3) is 0 Å². The highest BCUT2D eigenvalue weighted by atomic mass is 35.5. The Morgan fingerprint density at radius 1 is 1.15 bits per heavy atom. The molecule has 0 saturated carbocycles. The number of tetrazole rings is 1. The Bertz CT molecular complexity index is 1370. The summed E-state index contributed by atoms with van der Waals surface area (Å²) in [6.45, 7) is 6.86. The Morgan fingerprint density at radius 2 is 1.79 bits per heavy atom. The minimum absolute atomic E-state index is 0.232. The fourth-order valence-electron chi connectivity index (χ4n) is 4.06. The number of alkyl halides is 3. The molecule has 206 valence electrons. The van der Waals surface area contributed by atoms with Crippen molar-refractivity contribution in [2.24, 2.45) is 10.2 Å². The zero-order valence-corrected chi connectivity index (χ0v) is 22.3. The number of carboxylic acids is 1. The molecule has 2 aromatic carbocycles. The number of hydrogen-bond acceptors (Lipinski definition) is 7. The van der Waals surface area contributed by atoms with Gasteiger partial charge in [-0.2, -0.15) is 28.1 Å². The Balaban J connectivity index is 0.000000532. The number of rotatable bonds is 9. The fourth-order valence-corrected chi connectivity index (χ4v) is 4.29. The second-order valence-corrected chi connectivity index (χ2v) is 9.45. The van der Waals surface area contributed by atoms with E-state index < -0.39 is 12.1 Å². The number of carbonyl (C=O) groups is 1. The number of carboxylic acid groups (broad SMARTS) is 1. The van der Waals surface area contributed by atoms with Crippen molar-refractivity contribution >= 4 is 17.6 Å². The zero-order valence-electron chi connectivity index (χ0n) is 21.5. The Morgan fingerprint density at radius 3 is 2.33 bits per heavy atom. The van der Waals surface area contributed by atoms with Gasteiger partial charge in [0.1, 0.15) is 0 Å². The van der Waals surface area contributed by atoms with Crippen LogP contribution in [0.4, 0.5) is 13.2 Å². The van der Waals surface area contributed by atoms with Crippen molar-refractivity contribution in [1.82, 2.24) is 25.5 Å². The first-order valence-corrected chi connectivity index (χ1v) is 12.3. The van der Waals surface area contributed by atoms with E-state index >= 15 is 0 Å². The smallest absolute Gasteiger partial charge is 0.475 e. The van der Waals surface area contributed by atoms with Crippen LogP contribution in [0.25, 0.3) is 5.69 Å². The first kappa shape index (κ1) is 29.7. The number of aliphatic carboxylic acids is 1. The third-order valence-corrected chi connectivity index (χ3v) is 6.35. The number of nitrogens with zero attached hydrogens (tertiary/aromatic N) is 6. The average molecular weight is 562 g/mol. The molecule has 2 N–H and O–H groups in total. The monoisotopic (exact) mass is 561 g/mol. The number of para-hydroxylation sites is 1. The van der Waals surface area contributed by atoms with Crippen LogP contribution in [0.2, 0.25) is 5.02 Å². The van der Waals surface area contributed by atoms with Crippen LogP contribution in [0.15, 0.2) is 46.6 Å². The minimum atomic E-state index is -5.08. The normalized spacial score (nSPS) is 14.2. The second-order valence-electron chi connectivity index (χ2n) is 9.02. The van der Waals surface area contributed by atoms with Gasteiger partial charge in [0.05, 0.1) is 11.7 Å². The van der Waals surface area contributed by atoms with E-state index in [9.17, 15) is 13.2 Å². The fraction of sp³-hybridized carbons (Fsp3) is 0.385. The number of benzene rings is 2. The predicted molar refractivity (Wildman–Crippen MR) is 139 cm³/mol. The molecule has 1 aliphatic heterocycles. The molecule has 0 bridgehead atoms. The molecular formula is C26H27ClF3N7O2. The number of terminal acetylenes is 1. The molecule has 0 spiro atoms. The summed E-state index contributed by atoms with van der Waals surface area (Å²) in [5, 5.41) is 32.8. The molecule has 13 heteroatoms. The van der Waals surface area contributed by atoms with Crippen molar-refractivity contribution in [3.8, 4) is 18.0 Å². The first-order valence-electron chi connectivity index (χ1n) is 11.9. The number of hydrogen-bond donors (Lipinski definition) is 2. The van der Waals surface area contributed by atoms with E-state index in [1.54, 1.807) is 0 Å². The van der Waals surface area contributed by atoms with E-state index in [1.165, 1.54) is 0 Å². The lowest BCUT2D eigenvalue weighted by atomic mass is 9.99. The molecule has 0 fully saturated rings. The van der Waals surface area contributed by atoms with Gasteiger partial charge >= 0.3 is 12.1 Å². The van der Waals surface area contributed by atoms with Crippen LogP contribution < -0.4 is 5.32 Å². The highest BCUT2D eigenvalue weighted by molar-refractivity contribution is 6.30. The number of halogens is 4. The molecule has 4 rings (SSSR count). The lowest BCUT2D eigenvalue weighted by Crippen LogP contribution is -2.30. The molecule has 9 nitrogen and oxygen atoms in total. The lowest BCUT2D eigenvalue weighted by molar-refractivity contribution is -0.192. The van der Waals surface area contributed by atoms with E-state index in [1.807, 2.05) is 35.9 Å². The molecule has 1 aromatic heterocycles. The maximum atomic E-state index is 10.6. The molecule has 39 heavy (non-hydrogen) atoms. The van der Waals surface area contributed by atoms with Crippen molar-refractivity contribution in [3.05, 3.63) is 69.5 Å². The summed E-state index contributed by atoms with van der Waals surface area (Å²) in [7, 11) is 0. The van der Waals surface area contributed by atoms with Gasteiger partial charge in [0.2, 0.25) is 0 Å². The van der Waals surface area contributed by atoms with Gasteiger partial charge in [-0.15, -0.1) is 17.4 Å². The number of aromatic nitrogens is 4. The molecule has 0 saturated heterocycles. The average Bonchev–Trinajstić information content (AvgIpc) is 3.47. The first-order chi connectivity index (χ1) is 18.4. The quantitative estimate of drug-likeness (QED) is 0.332. The Hall–Kier alpha value is -3.82. The summed E-state index contributed by atoms with van der Waals surface area (Å²) in [6.07, 6.45) is 2.54. The van der Waals surface area contributed by atoms with E-state index in [2.05, 4.69) is 63.0 Å². The summed E-state index contributed by atoms with van der Waals surface area (Å²) in [6, 6.07) is 11.8. The van der Waals surface area contributed by atoms with Gasteiger partial charge in [0.15, 0.2) is 11.5 Å². The lowest BCUT2D eigenvalue weighted by Gasteiger charge is -2.22. The topological polar surface area (TPSA) is 118 Å². The van der Waals surface area contributed by atoms with Crippen molar-refractivity contribution in [2.75, 3.05) is 6.54 Å². The summed E-state index contributed by atoms with van der Waals surface area (Å²) in [5.41, 5.74) is 4.98. The largest absolute Gasteiger partial charge is 0.490 e. The van der Waals surface area contributed by atoms with Crippen LogP contribution in [0.1, 0.15) is 53.4 Å². The number of aryl methyl sites for hydroxylation is 3. The van der Waals surface area contributed by atoms with Crippen LogP contribution in [0.3, 0.4) is 0 Å². The highest BCUT2D eigenvalue weighted by Gasteiger charge is 2.39. The maximum absolute atomic E-state index is 10.6. The summed E-state index contributed by atoms with van der Waals surface area (Å²) >= 11 is 6.23. The van der Waals surface area contributed by atoms with Crippen LogP contribution >= 0.6 is 11.6 Å². The molecule has 3 aromatic rings. The van der Waals surface area contributed by atoms with Gasteiger partial charge in [0, 0.05) is 30.8 Å². The Labute approximate surface area is 228 Å². The third kappa shape index (κ3) is 7.61. The Kier molecular flexibility index (Phi) is 9.42. The molecule has 2 heterocycles. The van der Waals surface area contributed by atoms with E-state index in [4.69, 9.17) is 27.9 Å². The van der Waals surface area contributed by atoms with E-state index in [-0.39, 0.29) is 11.7 Å². The number of nitrogens with one attached hydrogen (secondary N) is 1. The van der Waals surface area contributed by atoms with Crippen LogP contribution in [0.5, 0.6) is 0 Å². The van der Waals surface area contributed by atoms with E-state index in [0.29, 0.717) is 18.0 Å². The SMILES string of the molecule is C#CCCC1(CCNC(c2ccc(Cl)cc2C)c2nnnn2-c2c(C)cccc2C)N=N1.O=C(O)C(F)(F)F. The van der Waals surface area contributed by atoms with Crippen LogP contribution in [0, 0.1) is 33.1 Å². The van der Waals surface area contributed by atoms with E-state index in [0.717, 1.165) is 46.6 Å². The molecule has 1 unspecified atom stereocenters. The predicted octanol–water partition coefficient (Wildman–Crippen LogP) is 5.52. The van der Waals surface area contributed by atoms with Gasteiger partial charge < -0.3 is 10.4 Å². The van der Waals surface area contributed by atoms with Crippen molar-refractivity contribution in [3.63, 3.8) is 0 Å². The van der Waals surface area contributed by atoms with Crippen molar-refractivity contribution < 1.29 is 23.1 Å². The maximum Gasteiger partial charge on any atom is 0.490 e. The van der Waals surface area contributed by atoms with Crippen molar-refractivity contribution in [2.45, 2.75) is 57.9 Å². The van der Waals surface area contributed by atoms with Gasteiger partial charge in [-0.3, -0.25) is 0 Å². The van der Waals surface area contributed by atoms with Gasteiger partial charge in [-0.05, 0) is 65.6 Å². The van der Waals surface area contributed by atoms with Crippen molar-refractivity contribution in [1.29, 1.82) is 0 Å². The van der Waals surface area contributed by atoms with Gasteiger partial charge in [-0.25, -0.2) is 4.79 Å². The molecule has 1 atom stereocenters. The third-order valence-electron chi connectivity index (χ3n) is 6.11. The van der Waals surface area contributed by atoms with Crippen LogP contribution in [-0.4, -0.2) is 49.7 Å². The molecule has 1 aliphatic rings. The summed E-state index contributed by atoms with van der Waals surface area (Å²) < 4.78 is 33.6. The molecule has 0 amide bonds. The minimum Gasteiger partial charge on any atom is -0.475 e. The summed E-state index contributed by atoms with van der Waals surface area (Å²) in [4.78, 5) is 8.90. The standard InChI is InChI=1S/C24H26ClN7.C2HF3O2/c1-5-6-12-24(28-29-24)13-14-26-21(20-11-10-19(25)15-18(20)4)23-27-30-31-32(23)22-16(2)8-7-9-17(22)3;3-2(4,5)1(6)7/h1,7-11,15,21,26H,6,12-14H2,2-4H3;(H,6,7).